The van der Waals surface area contributed by atoms with Crippen molar-refractivity contribution in [2.24, 2.45) is 0 Å². The van der Waals surface area contributed by atoms with Crippen molar-refractivity contribution in [3.63, 3.8) is 0 Å². The van der Waals surface area contributed by atoms with Crippen molar-refractivity contribution in [3.8, 4) is 0 Å². The predicted molar refractivity (Wildman–Crippen MR) is 93.9 cm³/mol. The van der Waals surface area contributed by atoms with Crippen LogP contribution in [0.2, 0.25) is 0 Å². The van der Waals surface area contributed by atoms with Crippen LogP contribution in [0, 0.1) is 0 Å². The Kier molecular flexibility index (Phi) is 5.55. The molecule has 0 saturated carbocycles. The monoisotopic (exact) mass is 372 g/mol. The van der Waals surface area contributed by atoms with Crippen LogP contribution in [0.25, 0.3) is 0 Å². The summed E-state index contributed by atoms with van der Waals surface area (Å²) in [5, 5.41) is 21.0. The van der Waals surface area contributed by atoms with Gasteiger partial charge in [0, 0.05) is 0 Å². The van der Waals surface area contributed by atoms with E-state index < -0.39 is 42.6 Å². The highest BCUT2D eigenvalue weighted by atomic mass is 16.7. The molecule has 4 atom stereocenters. The molecule has 2 N–H and O–H groups in total. The minimum Gasteiger partial charge on any atom is -0.456 e. The first-order chi connectivity index (χ1) is 12.9. The highest BCUT2D eigenvalue weighted by molar-refractivity contribution is 5.90. The Labute approximate surface area is 156 Å². The van der Waals surface area contributed by atoms with E-state index in [4.69, 9.17) is 14.2 Å². The maximum Gasteiger partial charge on any atom is 0.338 e. The van der Waals surface area contributed by atoms with Crippen LogP contribution in [0.3, 0.4) is 0 Å². The van der Waals surface area contributed by atoms with Crippen molar-refractivity contribution in [2.75, 3.05) is 6.61 Å². The summed E-state index contributed by atoms with van der Waals surface area (Å²) in [5.74, 6) is -3.50. The average molecular weight is 372 g/mol. The van der Waals surface area contributed by atoms with Gasteiger partial charge in [0.1, 0.15) is 6.61 Å². The van der Waals surface area contributed by atoms with Crippen LogP contribution in [0.1, 0.15) is 27.6 Å². The molecule has 3 rings (SSSR count). The molecule has 0 aliphatic carbocycles. The molecule has 7 heteroatoms. The number of aliphatic hydroxyl groups is 2. The van der Waals surface area contributed by atoms with E-state index in [0.717, 1.165) is 0 Å². The van der Waals surface area contributed by atoms with E-state index in [0.29, 0.717) is 11.1 Å². The van der Waals surface area contributed by atoms with Gasteiger partial charge in [0.15, 0.2) is 12.2 Å². The zero-order valence-corrected chi connectivity index (χ0v) is 14.6. The molecule has 2 aromatic carbocycles. The van der Waals surface area contributed by atoms with Crippen LogP contribution in [-0.4, -0.2) is 52.9 Å². The van der Waals surface area contributed by atoms with Gasteiger partial charge >= 0.3 is 11.9 Å². The fourth-order valence-corrected chi connectivity index (χ4v) is 2.84. The number of benzene rings is 2. The summed E-state index contributed by atoms with van der Waals surface area (Å²) in [6, 6.07) is 16.5. The Bertz CT molecular complexity index is 792. The van der Waals surface area contributed by atoms with Gasteiger partial charge in [0.25, 0.3) is 0 Å². The summed E-state index contributed by atoms with van der Waals surface area (Å²) < 4.78 is 15.7. The Morgan fingerprint density at radius 2 is 1.52 bits per heavy atom. The normalized spacial score (nSPS) is 27.1. The molecule has 1 aliphatic rings. The molecule has 7 nitrogen and oxygen atoms in total. The molecule has 0 bridgehead atoms. The van der Waals surface area contributed by atoms with Gasteiger partial charge < -0.3 is 24.4 Å². The standard InChI is InChI=1S/C20H20O7/c1-13-16(26-19(23)15-10-6-3-7-11-15)17(21)20(24,27-13)12-25-18(22)14-8-4-2-5-9-14/h2-11,13,16-17,21,24H,12H2,1H3/t13-,16?,17-,20+/m0/s1. The lowest BCUT2D eigenvalue weighted by atomic mass is 10.1. The van der Waals surface area contributed by atoms with E-state index in [-0.39, 0.29) is 0 Å². The summed E-state index contributed by atoms with van der Waals surface area (Å²) >= 11 is 0. The van der Waals surface area contributed by atoms with E-state index in [2.05, 4.69) is 0 Å². The Morgan fingerprint density at radius 3 is 2.07 bits per heavy atom. The lowest BCUT2D eigenvalue weighted by Gasteiger charge is -2.25. The molecule has 1 unspecified atom stereocenters. The van der Waals surface area contributed by atoms with Crippen LogP contribution in [-0.2, 0) is 14.2 Å². The number of aliphatic hydroxyl groups excluding tert-OH is 1. The highest BCUT2D eigenvalue weighted by Crippen LogP contribution is 2.32. The second-order valence-corrected chi connectivity index (χ2v) is 6.29. The number of carbonyl (C=O) groups is 2. The zero-order chi connectivity index (χ0) is 19.4. The number of hydrogen-bond donors (Lipinski definition) is 2. The van der Waals surface area contributed by atoms with Crippen molar-refractivity contribution in [3.05, 3.63) is 71.8 Å². The van der Waals surface area contributed by atoms with Gasteiger partial charge in [0.2, 0.25) is 5.79 Å². The van der Waals surface area contributed by atoms with Crippen LogP contribution >= 0.6 is 0 Å². The highest BCUT2D eigenvalue weighted by Gasteiger charge is 2.55. The zero-order valence-electron chi connectivity index (χ0n) is 14.6. The second-order valence-electron chi connectivity index (χ2n) is 6.29. The van der Waals surface area contributed by atoms with Crippen LogP contribution in [0.4, 0.5) is 0 Å². The Balaban J connectivity index is 1.63. The van der Waals surface area contributed by atoms with E-state index in [1.165, 1.54) is 0 Å². The van der Waals surface area contributed by atoms with Gasteiger partial charge in [-0.15, -0.1) is 0 Å². The van der Waals surface area contributed by atoms with Crippen molar-refractivity contribution in [1.29, 1.82) is 0 Å². The molecular weight excluding hydrogens is 352 g/mol. The van der Waals surface area contributed by atoms with Gasteiger partial charge in [-0.1, -0.05) is 36.4 Å². The SMILES string of the molecule is C[C@@H]1O[C@](O)(COC(=O)c2ccccc2)[C@@H](O)C1OC(=O)c1ccccc1. The lowest BCUT2D eigenvalue weighted by molar-refractivity contribution is -0.243. The van der Waals surface area contributed by atoms with Gasteiger partial charge in [-0.25, -0.2) is 9.59 Å². The maximum atomic E-state index is 12.2. The quantitative estimate of drug-likeness (QED) is 0.768. The third kappa shape index (κ3) is 4.16. The van der Waals surface area contributed by atoms with Gasteiger partial charge in [-0.2, -0.15) is 0 Å². The first-order valence-corrected chi connectivity index (χ1v) is 8.47. The first-order valence-electron chi connectivity index (χ1n) is 8.47. The van der Waals surface area contributed by atoms with E-state index in [1.807, 2.05) is 0 Å². The topological polar surface area (TPSA) is 102 Å². The predicted octanol–water partition coefficient (Wildman–Crippen LogP) is 1.54. The van der Waals surface area contributed by atoms with Crippen molar-refractivity contribution in [2.45, 2.75) is 31.0 Å². The molecule has 1 saturated heterocycles. The smallest absolute Gasteiger partial charge is 0.338 e. The van der Waals surface area contributed by atoms with Crippen LogP contribution in [0.5, 0.6) is 0 Å². The third-order valence-electron chi connectivity index (χ3n) is 4.30. The molecule has 0 radical (unpaired) electrons. The molecular formula is C20H20O7. The number of esters is 2. The number of carbonyl (C=O) groups excluding carboxylic acids is 2. The molecule has 27 heavy (non-hydrogen) atoms. The van der Waals surface area contributed by atoms with Gasteiger partial charge in [-0.3, -0.25) is 0 Å². The van der Waals surface area contributed by atoms with Gasteiger partial charge in [0.05, 0.1) is 17.2 Å². The number of ether oxygens (including phenoxy) is 3. The van der Waals surface area contributed by atoms with Crippen LogP contribution < -0.4 is 0 Å². The van der Waals surface area contributed by atoms with Gasteiger partial charge in [-0.05, 0) is 31.2 Å². The van der Waals surface area contributed by atoms with E-state index >= 15 is 0 Å². The summed E-state index contributed by atoms with van der Waals surface area (Å²) in [7, 11) is 0. The molecule has 0 aromatic heterocycles. The van der Waals surface area contributed by atoms with Crippen molar-refractivity contribution >= 4 is 11.9 Å². The third-order valence-corrected chi connectivity index (χ3v) is 4.30. The Hall–Kier alpha value is -2.74. The summed E-state index contributed by atoms with van der Waals surface area (Å²) in [4.78, 5) is 24.2. The number of hydrogen-bond acceptors (Lipinski definition) is 7. The largest absolute Gasteiger partial charge is 0.456 e. The Morgan fingerprint density at radius 1 is 1.00 bits per heavy atom. The number of rotatable bonds is 5. The first kappa shape index (κ1) is 19.0. The molecule has 1 fully saturated rings. The summed E-state index contributed by atoms with van der Waals surface area (Å²) in [5.41, 5.74) is 0.608. The summed E-state index contributed by atoms with van der Waals surface area (Å²) in [6.45, 7) is 0.939. The fourth-order valence-electron chi connectivity index (χ4n) is 2.84. The second kappa shape index (κ2) is 7.87. The van der Waals surface area contributed by atoms with Crippen LogP contribution in [0.15, 0.2) is 60.7 Å². The molecule has 142 valence electrons. The lowest BCUT2D eigenvalue weighted by Crippen LogP contribution is -2.48. The molecule has 1 aliphatic heterocycles. The molecule has 0 amide bonds. The molecule has 0 spiro atoms. The van der Waals surface area contributed by atoms with E-state index in [9.17, 15) is 19.8 Å². The average Bonchev–Trinajstić information content (AvgIpc) is 2.91. The van der Waals surface area contributed by atoms with Crippen molar-refractivity contribution < 1.29 is 34.0 Å². The minimum atomic E-state index is -2.18. The molecule has 1 heterocycles. The van der Waals surface area contributed by atoms with Crippen molar-refractivity contribution in [1.82, 2.24) is 0 Å². The summed E-state index contributed by atoms with van der Waals surface area (Å²) in [6.07, 6.45) is -3.49. The minimum absolute atomic E-state index is 0.300. The van der Waals surface area contributed by atoms with E-state index in [1.54, 1.807) is 67.6 Å². The fraction of sp³-hybridized carbons (Fsp3) is 0.300. The molecule has 2 aromatic rings. The maximum absolute atomic E-state index is 12.2.